The summed E-state index contributed by atoms with van der Waals surface area (Å²) in [5.74, 6) is 0. The third-order valence-corrected chi connectivity index (χ3v) is 2.89. The van der Waals surface area contributed by atoms with E-state index in [4.69, 9.17) is 0 Å². The second-order valence-electron chi connectivity index (χ2n) is 3.11. The first-order valence-electron chi connectivity index (χ1n) is 3.45. The Balaban J connectivity index is 3.10. The number of rotatable bonds is 2. The number of aldehydes is 1. The van der Waals surface area contributed by atoms with E-state index in [1.807, 2.05) is 20.8 Å². The first kappa shape index (κ1) is 8.40. The van der Waals surface area contributed by atoms with Crippen LogP contribution in [0.25, 0.3) is 0 Å². The fourth-order valence-electron chi connectivity index (χ4n) is 0.974. The summed E-state index contributed by atoms with van der Waals surface area (Å²) in [7, 11) is 0. The highest BCUT2D eigenvalue weighted by molar-refractivity contribution is 7.10. The first-order chi connectivity index (χ1) is 5.08. The summed E-state index contributed by atoms with van der Waals surface area (Å²) in [6, 6.07) is 0. The van der Waals surface area contributed by atoms with Gasteiger partial charge < -0.3 is 4.79 Å². The van der Waals surface area contributed by atoms with Crippen LogP contribution >= 0.6 is 11.3 Å². The Morgan fingerprint density at radius 3 is 2.64 bits per heavy atom. The summed E-state index contributed by atoms with van der Waals surface area (Å²) in [6.45, 7) is 5.73. The van der Waals surface area contributed by atoms with Crippen molar-refractivity contribution in [2.45, 2.75) is 26.2 Å². The molecule has 0 bridgehead atoms. The van der Waals surface area contributed by atoms with Crippen LogP contribution in [0, 0.1) is 6.92 Å². The van der Waals surface area contributed by atoms with Crippen LogP contribution < -0.4 is 0 Å². The number of hydrogen-bond acceptors (Lipinski definition) is 3. The molecule has 1 heterocycles. The van der Waals surface area contributed by atoms with Crippen LogP contribution in [-0.4, -0.2) is 11.3 Å². The van der Waals surface area contributed by atoms with Gasteiger partial charge in [-0.05, 0) is 20.8 Å². The number of aromatic nitrogens is 1. The molecule has 11 heavy (non-hydrogen) atoms. The van der Waals surface area contributed by atoms with E-state index in [1.165, 1.54) is 11.3 Å². The van der Waals surface area contributed by atoms with Crippen LogP contribution in [0.15, 0.2) is 5.51 Å². The van der Waals surface area contributed by atoms with Gasteiger partial charge in [0.15, 0.2) is 0 Å². The normalized spacial score (nSPS) is 11.5. The Kier molecular flexibility index (Phi) is 2.09. The molecule has 0 spiro atoms. The molecule has 2 nitrogen and oxygen atoms in total. The van der Waals surface area contributed by atoms with Crippen molar-refractivity contribution in [1.82, 2.24) is 4.98 Å². The van der Waals surface area contributed by atoms with Crippen LogP contribution in [0.4, 0.5) is 0 Å². The van der Waals surface area contributed by atoms with Crippen LogP contribution in [0.5, 0.6) is 0 Å². The maximum absolute atomic E-state index is 10.7. The van der Waals surface area contributed by atoms with Crippen molar-refractivity contribution in [3.05, 3.63) is 16.1 Å². The maximum atomic E-state index is 10.7. The van der Waals surface area contributed by atoms with Gasteiger partial charge in [0.1, 0.15) is 6.29 Å². The zero-order valence-corrected chi connectivity index (χ0v) is 7.73. The molecule has 0 aliphatic carbocycles. The molecule has 0 aliphatic rings. The highest BCUT2D eigenvalue weighted by Crippen LogP contribution is 2.27. The minimum atomic E-state index is -0.370. The predicted octanol–water partition coefficient (Wildman–Crippen LogP) is 1.93. The predicted molar refractivity (Wildman–Crippen MR) is 45.9 cm³/mol. The second kappa shape index (κ2) is 2.74. The molecular formula is C8H11NOS. The monoisotopic (exact) mass is 169 g/mol. The van der Waals surface area contributed by atoms with Gasteiger partial charge in [-0.15, -0.1) is 11.3 Å². The molecule has 0 aliphatic heterocycles. The number of aryl methyl sites for hydroxylation is 1. The van der Waals surface area contributed by atoms with Crippen LogP contribution in [0.3, 0.4) is 0 Å². The number of carbonyl (C=O) groups excluding carboxylic acids is 1. The van der Waals surface area contributed by atoms with Gasteiger partial charge >= 0.3 is 0 Å². The van der Waals surface area contributed by atoms with Gasteiger partial charge in [-0.1, -0.05) is 0 Å². The zero-order valence-electron chi connectivity index (χ0n) is 6.92. The average molecular weight is 169 g/mol. The third kappa shape index (κ3) is 1.48. The summed E-state index contributed by atoms with van der Waals surface area (Å²) in [4.78, 5) is 15.8. The molecule has 0 fully saturated rings. The van der Waals surface area contributed by atoms with Crippen molar-refractivity contribution in [3.8, 4) is 0 Å². The summed E-state index contributed by atoms with van der Waals surface area (Å²) in [6.07, 6.45) is 0.966. The van der Waals surface area contributed by atoms with E-state index in [2.05, 4.69) is 4.98 Å². The number of carbonyl (C=O) groups is 1. The lowest BCUT2D eigenvalue weighted by Crippen LogP contribution is -2.18. The lowest BCUT2D eigenvalue weighted by atomic mass is 9.93. The Hall–Kier alpha value is -0.700. The van der Waals surface area contributed by atoms with Crippen molar-refractivity contribution < 1.29 is 4.79 Å². The Morgan fingerprint density at radius 1 is 1.64 bits per heavy atom. The smallest absolute Gasteiger partial charge is 0.130 e. The fourth-order valence-corrected chi connectivity index (χ4v) is 1.87. The highest BCUT2D eigenvalue weighted by Gasteiger charge is 2.23. The maximum Gasteiger partial charge on any atom is 0.130 e. The van der Waals surface area contributed by atoms with Crippen LogP contribution in [0.2, 0.25) is 0 Å². The number of hydrogen-bond donors (Lipinski definition) is 0. The number of nitrogens with zero attached hydrogens (tertiary/aromatic N) is 1. The van der Waals surface area contributed by atoms with Gasteiger partial charge in [0.25, 0.3) is 0 Å². The molecular weight excluding hydrogens is 158 g/mol. The zero-order chi connectivity index (χ0) is 8.48. The van der Waals surface area contributed by atoms with E-state index in [0.29, 0.717) is 0 Å². The number of thiazole rings is 1. The molecule has 0 saturated heterocycles. The average Bonchev–Trinajstić information content (AvgIpc) is 2.36. The van der Waals surface area contributed by atoms with Crippen molar-refractivity contribution in [3.63, 3.8) is 0 Å². The van der Waals surface area contributed by atoms with E-state index in [-0.39, 0.29) is 5.41 Å². The van der Waals surface area contributed by atoms with E-state index in [1.54, 1.807) is 5.51 Å². The van der Waals surface area contributed by atoms with Crippen LogP contribution in [0.1, 0.15) is 24.4 Å². The lowest BCUT2D eigenvalue weighted by molar-refractivity contribution is -0.111. The summed E-state index contributed by atoms with van der Waals surface area (Å²) < 4.78 is 0. The largest absolute Gasteiger partial charge is 0.302 e. The molecule has 1 rings (SSSR count). The molecule has 0 N–H and O–H groups in total. The minimum Gasteiger partial charge on any atom is -0.302 e. The van der Waals surface area contributed by atoms with Gasteiger partial charge in [0, 0.05) is 4.88 Å². The molecule has 1 aromatic heterocycles. The SMILES string of the molecule is Cc1ncsc1C(C)(C)C=O. The quantitative estimate of drug-likeness (QED) is 0.633. The topological polar surface area (TPSA) is 30.0 Å². The lowest BCUT2D eigenvalue weighted by Gasteiger charge is -2.14. The van der Waals surface area contributed by atoms with E-state index in [9.17, 15) is 4.79 Å². The van der Waals surface area contributed by atoms with E-state index >= 15 is 0 Å². The summed E-state index contributed by atoms with van der Waals surface area (Å²) in [5, 5.41) is 0. The Labute approximate surface area is 70.3 Å². The van der Waals surface area contributed by atoms with Gasteiger partial charge in [0.2, 0.25) is 0 Å². The van der Waals surface area contributed by atoms with Gasteiger partial charge in [0.05, 0.1) is 16.6 Å². The molecule has 1 aromatic rings. The van der Waals surface area contributed by atoms with Gasteiger partial charge in [-0.2, -0.15) is 0 Å². The minimum absolute atomic E-state index is 0.370. The molecule has 0 radical (unpaired) electrons. The molecule has 0 atom stereocenters. The van der Waals surface area contributed by atoms with Crippen LogP contribution in [-0.2, 0) is 10.2 Å². The molecule has 3 heteroatoms. The summed E-state index contributed by atoms with van der Waals surface area (Å²) >= 11 is 1.54. The van der Waals surface area contributed by atoms with E-state index < -0.39 is 0 Å². The second-order valence-corrected chi connectivity index (χ2v) is 3.96. The Morgan fingerprint density at radius 2 is 2.27 bits per heavy atom. The summed E-state index contributed by atoms with van der Waals surface area (Å²) in [5.41, 5.74) is 2.37. The molecule has 0 unspecified atom stereocenters. The van der Waals surface area contributed by atoms with E-state index in [0.717, 1.165) is 16.9 Å². The van der Waals surface area contributed by atoms with Crippen molar-refractivity contribution in [1.29, 1.82) is 0 Å². The highest BCUT2D eigenvalue weighted by atomic mass is 32.1. The Bertz CT molecular complexity index is 265. The fraction of sp³-hybridized carbons (Fsp3) is 0.500. The molecule has 0 saturated carbocycles. The molecule has 0 amide bonds. The standard InChI is InChI=1S/C8H11NOS/c1-6-7(11-5-9-6)8(2,3)4-10/h4-5H,1-3H3. The van der Waals surface area contributed by atoms with Crippen molar-refractivity contribution >= 4 is 17.6 Å². The van der Waals surface area contributed by atoms with Crippen molar-refractivity contribution in [2.24, 2.45) is 0 Å². The van der Waals surface area contributed by atoms with Gasteiger partial charge in [-0.25, -0.2) is 4.98 Å². The molecule has 0 aromatic carbocycles. The molecule has 60 valence electrons. The third-order valence-electron chi connectivity index (χ3n) is 1.63. The first-order valence-corrected chi connectivity index (χ1v) is 4.33. The van der Waals surface area contributed by atoms with Crippen molar-refractivity contribution in [2.75, 3.05) is 0 Å². The van der Waals surface area contributed by atoms with Gasteiger partial charge in [-0.3, -0.25) is 0 Å².